The first-order valence-electron chi connectivity index (χ1n) is 5.32. The Hall–Kier alpha value is -0.810. The second-order valence-corrected chi connectivity index (χ2v) is 4.21. The predicted octanol–water partition coefficient (Wildman–Crippen LogP) is 1.78. The highest BCUT2D eigenvalue weighted by atomic mass is 35.5. The fraction of sp³-hybridized carbons (Fsp3) is 0.500. The highest BCUT2D eigenvalue weighted by Crippen LogP contribution is 2.28. The highest BCUT2D eigenvalue weighted by molar-refractivity contribution is 6.30. The number of aliphatic hydroxyl groups excluding tert-OH is 2. The Morgan fingerprint density at radius 1 is 1.29 bits per heavy atom. The monoisotopic (exact) mass is 260 g/mol. The average molecular weight is 261 g/mol. The summed E-state index contributed by atoms with van der Waals surface area (Å²) in [5.74, 6) is 0.513. The van der Waals surface area contributed by atoms with Crippen LogP contribution in [0.4, 0.5) is 0 Å². The first-order chi connectivity index (χ1) is 8.04. The molecule has 0 aromatic heterocycles. The summed E-state index contributed by atoms with van der Waals surface area (Å²) in [5.41, 5.74) is 0.599. The van der Waals surface area contributed by atoms with Crippen molar-refractivity contribution < 1.29 is 19.7 Å². The van der Waals surface area contributed by atoms with E-state index >= 15 is 0 Å². The summed E-state index contributed by atoms with van der Waals surface area (Å²) >= 11 is 5.84. The SMILES string of the molecule is COCC(O)COc1ccc(Cl)cc1[C@H](C)O. The molecule has 0 bridgehead atoms. The zero-order valence-electron chi connectivity index (χ0n) is 9.89. The van der Waals surface area contributed by atoms with Crippen LogP contribution in [0.3, 0.4) is 0 Å². The first-order valence-corrected chi connectivity index (χ1v) is 5.69. The van der Waals surface area contributed by atoms with Gasteiger partial charge in [-0.2, -0.15) is 0 Å². The molecule has 1 unspecified atom stereocenters. The molecule has 4 nitrogen and oxygen atoms in total. The lowest BCUT2D eigenvalue weighted by atomic mass is 10.1. The summed E-state index contributed by atoms with van der Waals surface area (Å²) < 4.78 is 10.2. The number of methoxy groups -OCH3 is 1. The lowest BCUT2D eigenvalue weighted by Gasteiger charge is -2.16. The van der Waals surface area contributed by atoms with Gasteiger partial charge in [0.05, 0.1) is 12.7 Å². The minimum atomic E-state index is -0.697. The minimum Gasteiger partial charge on any atom is -0.490 e. The highest BCUT2D eigenvalue weighted by Gasteiger charge is 2.12. The van der Waals surface area contributed by atoms with E-state index in [1.54, 1.807) is 25.1 Å². The third kappa shape index (κ3) is 4.52. The van der Waals surface area contributed by atoms with E-state index in [1.165, 1.54) is 7.11 Å². The standard InChI is InChI=1S/C12H17ClO4/c1-8(14)11-5-9(13)3-4-12(11)17-7-10(15)6-16-2/h3-5,8,10,14-15H,6-7H2,1-2H3/t8-,10?/m0/s1. The second-order valence-electron chi connectivity index (χ2n) is 3.78. The molecule has 0 aliphatic carbocycles. The fourth-order valence-electron chi connectivity index (χ4n) is 1.40. The largest absolute Gasteiger partial charge is 0.490 e. The Balaban J connectivity index is 2.70. The van der Waals surface area contributed by atoms with Crippen LogP contribution in [-0.2, 0) is 4.74 Å². The maximum atomic E-state index is 9.57. The molecule has 1 aromatic carbocycles. The number of ether oxygens (including phenoxy) is 2. The van der Waals surface area contributed by atoms with Crippen LogP contribution in [0.25, 0.3) is 0 Å². The third-order valence-electron chi connectivity index (χ3n) is 2.21. The number of hydrogen-bond donors (Lipinski definition) is 2. The summed E-state index contributed by atoms with van der Waals surface area (Å²) in [6.45, 7) is 1.94. The maximum Gasteiger partial charge on any atom is 0.125 e. The molecular formula is C12H17ClO4. The van der Waals surface area contributed by atoms with Gasteiger partial charge in [-0.3, -0.25) is 0 Å². The molecule has 17 heavy (non-hydrogen) atoms. The summed E-state index contributed by atoms with van der Waals surface area (Å²) in [6, 6.07) is 4.99. The van der Waals surface area contributed by atoms with E-state index in [9.17, 15) is 10.2 Å². The van der Waals surface area contributed by atoms with Gasteiger partial charge in [0, 0.05) is 17.7 Å². The Bertz CT molecular complexity index is 354. The van der Waals surface area contributed by atoms with Crippen LogP contribution in [0.5, 0.6) is 5.75 Å². The Kier molecular flexibility index (Phi) is 5.71. The molecule has 0 amide bonds. The topological polar surface area (TPSA) is 58.9 Å². The van der Waals surface area contributed by atoms with Crippen LogP contribution in [0.1, 0.15) is 18.6 Å². The minimum absolute atomic E-state index is 0.106. The number of hydrogen-bond acceptors (Lipinski definition) is 4. The van der Waals surface area contributed by atoms with Gasteiger partial charge in [-0.25, -0.2) is 0 Å². The number of rotatable bonds is 6. The van der Waals surface area contributed by atoms with Crippen LogP contribution in [-0.4, -0.2) is 36.6 Å². The second kappa shape index (κ2) is 6.81. The summed E-state index contributed by atoms with van der Waals surface area (Å²) in [4.78, 5) is 0. The molecule has 0 aliphatic rings. The van der Waals surface area contributed by atoms with Crippen molar-refractivity contribution in [1.29, 1.82) is 0 Å². The summed E-state index contributed by atoms with van der Waals surface area (Å²) in [5, 5.41) is 19.6. The van der Waals surface area contributed by atoms with Gasteiger partial charge in [-0.05, 0) is 25.1 Å². The van der Waals surface area contributed by atoms with Gasteiger partial charge in [-0.15, -0.1) is 0 Å². The van der Waals surface area contributed by atoms with E-state index in [2.05, 4.69) is 0 Å². The van der Waals surface area contributed by atoms with Gasteiger partial charge in [0.15, 0.2) is 0 Å². The van der Waals surface area contributed by atoms with Crippen molar-refractivity contribution in [1.82, 2.24) is 0 Å². The average Bonchev–Trinajstić information content (AvgIpc) is 2.27. The van der Waals surface area contributed by atoms with Crippen LogP contribution in [0.15, 0.2) is 18.2 Å². The van der Waals surface area contributed by atoms with E-state index in [0.29, 0.717) is 16.3 Å². The van der Waals surface area contributed by atoms with E-state index in [4.69, 9.17) is 21.1 Å². The number of aliphatic hydroxyl groups is 2. The molecule has 0 spiro atoms. The van der Waals surface area contributed by atoms with E-state index in [-0.39, 0.29) is 13.2 Å². The van der Waals surface area contributed by atoms with Crippen LogP contribution < -0.4 is 4.74 Å². The van der Waals surface area contributed by atoms with Crippen LogP contribution in [0, 0.1) is 0 Å². The van der Waals surface area contributed by atoms with E-state index in [1.807, 2.05) is 0 Å². The van der Waals surface area contributed by atoms with Crippen molar-refractivity contribution in [2.75, 3.05) is 20.3 Å². The Morgan fingerprint density at radius 3 is 2.59 bits per heavy atom. The van der Waals surface area contributed by atoms with Crippen molar-refractivity contribution in [3.8, 4) is 5.75 Å². The number of halogens is 1. The summed E-state index contributed by atoms with van der Waals surface area (Å²) in [6.07, 6.45) is -1.37. The van der Waals surface area contributed by atoms with Crippen molar-refractivity contribution in [3.05, 3.63) is 28.8 Å². The molecule has 0 heterocycles. The van der Waals surface area contributed by atoms with Gasteiger partial charge in [0.2, 0.25) is 0 Å². The molecule has 0 saturated heterocycles. The predicted molar refractivity (Wildman–Crippen MR) is 65.5 cm³/mol. The molecule has 5 heteroatoms. The van der Waals surface area contributed by atoms with E-state index in [0.717, 1.165) is 0 Å². The molecule has 0 radical (unpaired) electrons. The molecule has 0 fully saturated rings. The molecule has 1 rings (SSSR count). The van der Waals surface area contributed by atoms with Crippen molar-refractivity contribution in [2.24, 2.45) is 0 Å². The van der Waals surface area contributed by atoms with Gasteiger partial charge in [0.1, 0.15) is 18.5 Å². The molecule has 0 aliphatic heterocycles. The summed E-state index contributed by atoms with van der Waals surface area (Å²) in [7, 11) is 1.51. The van der Waals surface area contributed by atoms with Gasteiger partial charge in [0.25, 0.3) is 0 Å². The molecular weight excluding hydrogens is 244 g/mol. The zero-order valence-corrected chi connectivity index (χ0v) is 10.6. The van der Waals surface area contributed by atoms with Gasteiger partial charge < -0.3 is 19.7 Å². The van der Waals surface area contributed by atoms with Crippen molar-refractivity contribution >= 4 is 11.6 Å². The van der Waals surface area contributed by atoms with E-state index < -0.39 is 12.2 Å². The molecule has 96 valence electrons. The molecule has 2 N–H and O–H groups in total. The zero-order chi connectivity index (χ0) is 12.8. The quantitative estimate of drug-likeness (QED) is 0.819. The lowest BCUT2D eigenvalue weighted by molar-refractivity contribution is 0.0316. The van der Waals surface area contributed by atoms with Crippen molar-refractivity contribution in [3.63, 3.8) is 0 Å². The lowest BCUT2D eigenvalue weighted by Crippen LogP contribution is -2.23. The normalized spacial score (nSPS) is 14.4. The smallest absolute Gasteiger partial charge is 0.125 e. The third-order valence-corrected chi connectivity index (χ3v) is 2.45. The Morgan fingerprint density at radius 2 is 2.00 bits per heavy atom. The van der Waals surface area contributed by atoms with Gasteiger partial charge >= 0.3 is 0 Å². The molecule has 0 saturated carbocycles. The van der Waals surface area contributed by atoms with Crippen LogP contribution >= 0.6 is 11.6 Å². The maximum absolute atomic E-state index is 9.57. The number of benzene rings is 1. The molecule has 1 aromatic rings. The first kappa shape index (κ1) is 14.3. The van der Waals surface area contributed by atoms with Gasteiger partial charge in [-0.1, -0.05) is 11.6 Å². The fourth-order valence-corrected chi connectivity index (χ4v) is 1.58. The Labute approximate surface area is 106 Å². The molecule has 2 atom stereocenters. The van der Waals surface area contributed by atoms with Crippen molar-refractivity contribution in [2.45, 2.75) is 19.1 Å². The van der Waals surface area contributed by atoms with Crippen LogP contribution in [0.2, 0.25) is 5.02 Å².